The summed E-state index contributed by atoms with van der Waals surface area (Å²) >= 11 is 5.98. The number of aliphatic hydroxyl groups excluding tert-OH is 1. The van der Waals surface area contributed by atoms with E-state index in [1.54, 1.807) is 6.07 Å². The highest BCUT2D eigenvalue weighted by atomic mass is 35.5. The van der Waals surface area contributed by atoms with Gasteiger partial charge < -0.3 is 10.4 Å². The van der Waals surface area contributed by atoms with Crippen LogP contribution in [0, 0.1) is 11.6 Å². The minimum Gasteiger partial charge on any atom is -0.387 e. The molecule has 2 aromatic rings. The molecular weight excluding hydrogens is 284 g/mol. The molecule has 106 valence electrons. The molecule has 20 heavy (non-hydrogen) atoms. The van der Waals surface area contributed by atoms with Crippen LogP contribution < -0.4 is 5.32 Å². The highest BCUT2D eigenvalue weighted by Gasteiger charge is 2.17. The van der Waals surface area contributed by atoms with E-state index in [0.29, 0.717) is 11.6 Å². The average Bonchev–Trinajstić information content (AvgIpc) is 2.41. The van der Waals surface area contributed by atoms with Gasteiger partial charge in [-0.15, -0.1) is 0 Å². The van der Waals surface area contributed by atoms with Crippen molar-refractivity contribution < 1.29 is 13.9 Å². The molecule has 0 heterocycles. The molecule has 0 amide bonds. The molecule has 0 aromatic heterocycles. The molecule has 0 saturated heterocycles. The van der Waals surface area contributed by atoms with E-state index in [4.69, 9.17) is 11.6 Å². The van der Waals surface area contributed by atoms with Crippen LogP contribution >= 0.6 is 11.6 Å². The maximum Gasteiger partial charge on any atom is 0.131 e. The number of hydrogen-bond acceptors (Lipinski definition) is 2. The Bertz CT molecular complexity index is 572. The summed E-state index contributed by atoms with van der Waals surface area (Å²) in [6, 6.07) is 10.8. The van der Waals surface area contributed by atoms with Crippen LogP contribution in [0.5, 0.6) is 0 Å². The molecule has 1 unspecified atom stereocenters. The fourth-order valence-corrected chi connectivity index (χ4v) is 2.12. The van der Waals surface area contributed by atoms with Crippen molar-refractivity contribution in [1.29, 1.82) is 0 Å². The summed E-state index contributed by atoms with van der Waals surface area (Å²) in [5.74, 6) is -1.51. The first-order valence-electron chi connectivity index (χ1n) is 6.15. The van der Waals surface area contributed by atoms with Crippen molar-refractivity contribution in [2.24, 2.45) is 0 Å². The minimum absolute atomic E-state index is 0.0308. The van der Waals surface area contributed by atoms with Crippen molar-refractivity contribution in [2.45, 2.75) is 12.6 Å². The second-order valence-electron chi connectivity index (χ2n) is 4.37. The second kappa shape index (κ2) is 6.79. The molecule has 0 aliphatic carbocycles. The molecule has 0 saturated carbocycles. The number of halogens is 3. The number of rotatable bonds is 5. The van der Waals surface area contributed by atoms with Crippen molar-refractivity contribution in [3.8, 4) is 0 Å². The molecule has 0 spiro atoms. The monoisotopic (exact) mass is 297 g/mol. The molecule has 1 atom stereocenters. The van der Waals surface area contributed by atoms with Gasteiger partial charge >= 0.3 is 0 Å². The summed E-state index contributed by atoms with van der Waals surface area (Å²) in [4.78, 5) is 0. The van der Waals surface area contributed by atoms with E-state index in [9.17, 15) is 13.9 Å². The summed E-state index contributed by atoms with van der Waals surface area (Å²) in [6.07, 6.45) is -1.25. The number of aliphatic hydroxyl groups is 1. The van der Waals surface area contributed by atoms with E-state index in [0.717, 1.165) is 17.7 Å². The SMILES string of the molecule is OC(CNCc1ccccc1Cl)c1c(F)cccc1F. The molecule has 2 rings (SSSR count). The fourth-order valence-electron chi connectivity index (χ4n) is 1.92. The molecule has 2 N–H and O–H groups in total. The Morgan fingerprint density at radius 1 is 1.05 bits per heavy atom. The maximum atomic E-state index is 13.5. The third-order valence-electron chi connectivity index (χ3n) is 2.94. The maximum absolute atomic E-state index is 13.5. The van der Waals surface area contributed by atoms with Crippen LogP contribution in [0.2, 0.25) is 5.02 Å². The zero-order valence-corrected chi connectivity index (χ0v) is 11.4. The van der Waals surface area contributed by atoms with Gasteiger partial charge in [-0.1, -0.05) is 35.9 Å². The highest BCUT2D eigenvalue weighted by Crippen LogP contribution is 2.20. The van der Waals surface area contributed by atoms with E-state index in [2.05, 4.69) is 5.32 Å². The number of benzene rings is 2. The van der Waals surface area contributed by atoms with Crippen LogP contribution in [0.3, 0.4) is 0 Å². The lowest BCUT2D eigenvalue weighted by atomic mass is 10.1. The molecule has 0 fully saturated rings. The number of hydrogen-bond donors (Lipinski definition) is 2. The first-order valence-corrected chi connectivity index (χ1v) is 6.53. The summed E-state index contributed by atoms with van der Waals surface area (Å²) < 4.78 is 26.9. The number of nitrogens with one attached hydrogen (secondary N) is 1. The topological polar surface area (TPSA) is 32.3 Å². The molecule has 0 radical (unpaired) electrons. The van der Waals surface area contributed by atoms with Gasteiger partial charge in [0.1, 0.15) is 11.6 Å². The lowest BCUT2D eigenvalue weighted by molar-refractivity contribution is 0.164. The smallest absolute Gasteiger partial charge is 0.131 e. The Morgan fingerprint density at radius 2 is 1.70 bits per heavy atom. The summed E-state index contributed by atoms with van der Waals surface area (Å²) in [5, 5.41) is 13.4. The van der Waals surface area contributed by atoms with Crippen molar-refractivity contribution in [1.82, 2.24) is 5.32 Å². The first kappa shape index (κ1) is 14.9. The third-order valence-corrected chi connectivity index (χ3v) is 3.31. The molecular formula is C15H14ClF2NO. The van der Waals surface area contributed by atoms with Crippen molar-refractivity contribution in [3.63, 3.8) is 0 Å². The van der Waals surface area contributed by atoms with Crippen LogP contribution in [-0.4, -0.2) is 11.7 Å². The largest absolute Gasteiger partial charge is 0.387 e. The van der Waals surface area contributed by atoms with E-state index >= 15 is 0 Å². The average molecular weight is 298 g/mol. The molecule has 2 aromatic carbocycles. The standard InChI is InChI=1S/C15H14ClF2NO/c16-11-5-2-1-4-10(11)8-19-9-14(20)15-12(17)6-3-7-13(15)18/h1-7,14,19-20H,8-9H2. The van der Waals surface area contributed by atoms with Gasteiger partial charge in [0.25, 0.3) is 0 Å². The lowest BCUT2D eigenvalue weighted by Crippen LogP contribution is -2.22. The van der Waals surface area contributed by atoms with Crippen molar-refractivity contribution >= 4 is 11.6 Å². The van der Waals surface area contributed by atoms with Gasteiger partial charge in [0.05, 0.1) is 11.7 Å². The van der Waals surface area contributed by atoms with Gasteiger partial charge in [-0.2, -0.15) is 0 Å². The Balaban J connectivity index is 1.96. The fraction of sp³-hybridized carbons (Fsp3) is 0.200. The molecule has 0 bridgehead atoms. The molecule has 0 aliphatic heterocycles. The van der Waals surface area contributed by atoms with Crippen LogP contribution in [0.1, 0.15) is 17.2 Å². The van der Waals surface area contributed by atoms with Gasteiger partial charge in [0.2, 0.25) is 0 Å². The van der Waals surface area contributed by atoms with Gasteiger partial charge in [-0.3, -0.25) is 0 Å². The van der Waals surface area contributed by atoms with Crippen LogP contribution in [0.25, 0.3) is 0 Å². The summed E-state index contributed by atoms with van der Waals surface area (Å²) in [7, 11) is 0. The predicted molar refractivity (Wildman–Crippen MR) is 74.5 cm³/mol. The van der Waals surface area contributed by atoms with Crippen LogP contribution in [0.4, 0.5) is 8.78 Å². The van der Waals surface area contributed by atoms with Gasteiger partial charge in [0.15, 0.2) is 0 Å². The molecule has 0 aliphatic rings. The molecule has 2 nitrogen and oxygen atoms in total. The highest BCUT2D eigenvalue weighted by molar-refractivity contribution is 6.31. The zero-order chi connectivity index (χ0) is 14.5. The van der Waals surface area contributed by atoms with Gasteiger partial charge in [-0.25, -0.2) is 8.78 Å². The van der Waals surface area contributed by atoms with E-state index in [-0.39, 0.29) is 12.1 Å². The zero-order valence-electron chi connectivity index (χ0n) is 10.6. The Labute approximate surface area is 121 Å². The Morgan fingerprint density at radius 3 is 2.35 bits per heavy atom. The summed E-state index contributed by atoms with van der Waals surface area (Å²) in [5.41, 5.74) is 0.537. The van der Waals surface area contributed by atoms with Crippen molar-refractivity contribution in [3.05, 3.63) is 70.2 Å². The minimum atomic E-state index is -1.25. The van der Waals surface area contributed by atoms with Gasteiger partial charge in [0, 0.05) is 18.1 Å². The van der Waals surface area contributed by atoms with Crippen LogP contribution in [0.15, 0.2) is 42.5 Å². The normalized spacial score (nSPS) is 12.4. The lowest BCUT2D eigenvalue weighted by Gasteiger charge is -2.14. The van der Waals surface area contributed by atoms with Gasteiger partial charge in [-0.05, 0) is 23.8 Å². The first-order chi connectivity index (χ1) is 9.59. The predicted octanol–water partition coefficient (Wildman–Crippen LogP) is 3.44. The quantitative estimate of drug-likeness (QED) is 0.886. The Kier molecular flexibility index (Phi) is 5.06. The Hall–Kier alpha value is -1.49. The van der Waals surface area contributed by atoms with E-state index in [1.807, 2.05) is 18.2 Å². The third kappa shape index (κ3) is 3.54. The second-order valence-corrected chi connectivity index (χ2v) is 4.78. The summed E-state index contributed by atoms with van der Waals surface area (Å²) in [6.45, 7) is 0.440. The van der Waals surface area contributed by atoms with E-state index in [1.165, 1.54) is 6.07 Å². The van der Waals surface area contributed by atoms with Crippen molar-refractivity contribution in [2.75, 3.05) is 6.54 Å². The van der Waals surface area contributed by atoms with E-state index < -0.39 is 17.7 Å². The van der Waals surface area contributed by atoms with Crippen LogP contribution in [-0.2, 0) is 6.54 Å². The molecule has 5 heteroatoms.